The van der Waals surface area contributed by atoms with Crippen LogP contribution in [0.1, 0.15) is 5.69 Å². The van der Waals surface area contributed by atoms with Crippen LogP contribution in [0.15, 0.2) is 72.3 Å². The van der Waals surface area contributed by atoms with Crippen molar-refractivity contribution in [3.63, 3.8) is 0 Å². The van der Waals surface area contributed by atoms with Gasteiger partial charge in [0.05, 0.1) is 15.9 Å². The zero-order valence-corrected chi connectivity index (χ0v) is 15.7. The Labute approximate surface area is 162 Å². The number of aromatic nitrogens is 4. The van der Waals surface area contributed by atoms with Crippen molar-refractivity contribution < 1.29 is 4.39 Å². The molecule has 0 bridgehead atoms. The third-order valence-electron chi connectivity index (χ3n) is 4.18. The van der Waals surface area contributed by atoms with E-state index in [-0.39, 0.29) is 5.82 Å². The SMILES string of the molecule is Fc1ccc(-c2cc3ncnc(SCc4cn5ccccc5n4)c3s2)cc1. The Kier molecular flexibility index (Phi) is 4.10. The molecule has 27 heavy (non-hydrogen) atoms. The standard InChI is InChI=1S/C20H13FN4S2/c21-14-6-4-13(5-7-14)17-9-16-19(27-17)20(23-12-22-16)26-11-15-10-25-8-2-1-3-18(25)24-15/h1-10,12H,11H2. The maximum atomic E-state index is 13.2. The molecule has 0 aliphatic rings. The van der Waals surface area contributed by atoms with E-state index >= 15 is 0 Å². The smallest absolute Gasteiger partial charge is 0.137 e. The molecule has 5 aromatic rings. The number of thioether (sulfide) groups is 1. The van der Waals surface area contributed by atoms with E-state index in [0.717, 1.165) is 42.8 Å². The van der Waals surface area contributed by atoms with Gasteiger partial charge in [-0.3, -0.25) is 0 Å². The van der Waals surface area contributed by atoms with E-state index in [0.29, 0.717) is 0 Å². The zero-order chi connectivity index (χ0) is 18.2. The summed E-state index contributed by atoms with van der Waals surface area (Å²) in [6, 6.07) is 14.5. The normalized spacial score (nSPS) is 11.4. The van der Waals surface area contributed by atoms with Crippen molar-refractivity contribution in [1.29, 1.82) is 0 Å². The molecule has 0 atom stereocenters. The minimum atomic E-state index is -0.233. The number of thiophene rings is 1. The maximum absolute atomic E-state index is 13.2. The molecule has 1 aromatic carbocycles. The van der Waals surface area contributed by atoms with Crippen LogP contribution in [0.2, 0.25) is 0 Å². The molecule has 0 fully saturated rings. The van der Waals surface area contributed by atoms with Gasteiger partial charge in [-0.25, -0.2) is 19.3 Å². The molecule has 0 saturated heterocycles. The molecule has 4 heterocycles. The molecule has 0 amide bonds. The summed E-state index contributed by atoms with van der Waals surface area (Å²) in [5.74, 6) is 0.501. The van der Waals surface area contributed by atoms with Gasteiger partial charge in [-0.05, 0) is 35.9 Å². The van der Waals surface area contributed by atoms with Gasteiger partial charge in [-0.2, -0.15) is 0 Å². The Morgan fingerprint density at radius 2 is 1.96 bits per heavy atom. The van der Waals surface area contributed by atoms with Crippen molar-refractivity contribution in [2.75, 3.05) is 0 Å². The number of hydrogen-bond donors (Lipinski definition) is 0. The molecule has 0 unspecified atom stereocenters. The lowest BCUT2D eigenvalue weighted by Crippen LogP contribution is -1.85. The number of nitrogens with zero attached hydrogens (tertiary/aromatic N) is 4. The number of hydrogen-bond acceptors (Lipinski definition) is 5. The summed E-state index contributed by atoms with van der Waals surface area (Å²) in [4.78, 5) is 14.5. The van der Waals surface area contributed by atoms with Crippen molar-refractivity contribution in [2.45, 2.75) is 10.8 Å². The van der Waals surface area contributed by atoms with E-state index in [9.17, 15) is 4.39 Å². The summed E-state index contributed by atoms with van der Waals surface area (Å²) in [7, 11) is 0. The average molecular weight is 392 g/mol. The minimum Gasteiger partial charge on any atom is -0.307 e. The highest BCUT2D eigenvalue weighted by atomic mass is 32.2. The highest BCUT2D eigenvalue weighted by Crippen LogP contribution is 2.37. The molecule has 5 rings (SSSR count). The van der Waals surface area contributed by atoms with Crippen molar-refractivity contribution in [3.8, 4) is 10.4 Å². The largest absolute Gasteiger partial charge is 0.307 e. The van der Waals surface area contributed by atoms with Gasteiger partial charge >= 0.3 is 0 Å². The Hall–Kier alpha value is -2.77. The van der Waals surface area contributed by atoms with Gasteiger partial charge in [0, 0.05) is 23.0 Å². The molecule has 0 saturated carbocycles. The predicted octanol–water partition coefficient (Wildman–Crippen LogP) is 5.44. The Morgan fingerprint density at radius 3 is 2.81 bits per heavy atom. The van der Waals surface area contributed by atoms with Crippen LogP contribution in [-0.4, -0.2) is 19.4 Å². The molecule has 0 N–H and O–H groups in total. The molecule has 0 aliphatic heterocycles. The zero-order valence-electron chi connectivity index (χ0n) is 14.0. The molecular formula is C20H13FN4S2. The summed E-state index contributed by atoms with van der Waals surface area (Å²) in [5.41, 5.74) is 3.84. The summed E-state index contributed by atoms with van der Waals surface area (Å²) >= 11 is 3.28. The number of imidazole rings is 1. The molecule has 0 radical (unpaired) electrons. The lowest BCUT2D eigenvalue weighted by atomic mass is 10.2. The number of halogens is 1. The molecule has 132 valence electrons. The van der Waals surface area contributed by atoms with Crippen LogP contribution < -0.4 is 0 Å². The van der Waals surface area contributed by atoms with Gasteiger partial charge < -0.3 is 4.40 Å². The Morgan fingerprint density at radius 1 is 1.07 bits per heavy atom. The molecule has 0 aliphatic carbocycles. The lowest BCUT2D eigenvalue weighted by Gasteiger charge is -1.99. The van der Waals surface area contributed by atoms with E-state index < -0.39 is 0 Å². The van der Waals surface area contributed by atoms with Gasteiger partial charge in [0.1, 0.15) is 22.8 Å². The van der Waals surface area contributed by atoms with Crippen LogP contribution in [0, 0.1) is 5.82 Å². The van der Waals surface area contributed by atoms with Gasteiger partial charge in [-0.15, -0.1) is 11.3 Å². The monoisotopic (exact) mass is 392 g/mol. The fourth-order valence-electron chi connectivity index (χ4n) is 2.89. The van der Waals surface area contributed by atoms with E-state index in [1.807, 2.05) is 41.1 Å². The summed E-state index contributed by atoms with van der Waals surface area (Å²) < 4.78 is 16.2. The number of pyridine rings is 1. The second kappa shape index (κ2) is 6.75. The highest BCUT2D eigenvalue weighted by molar-refractivity contribution is 7.98. The van der Waals surface area contributed by atoms with Gasteiger partial charge in [-0.1, -0.05) is 30.0 Å². The fourth-order valence-corrected chi connectivity index (χ4v) is 4.97. The summed E-state index contributed by atoms with van der Waals surface area (Å²) in [5, 5.41) is 0.940. The molecule has 4 aromatic heterocycles. The van der Waals surface area contributed by atoms with Crippen LogP contribution in [0.25, 0.3) is 26.3 Å². The number of fused-ring (bicyclic) bond motifs is 2. The van der Waals surface area contributed by atoms with Crippen molar-refractivity contribution in [3.05, 3.63) is 78.8 Å². The van der Waals surface area contributed by atoms with Gasteiger partial charge in [0.15, 0.2) is 0 Å². The second-order valence-corrected chi connectivity index (χ2v) is 8.01. The maximum Gasteiger partial charge on any atom is 0.137 e. The number of rotatable bonds is 4. The minimum absolute atomic E-state index is 0.233. The first-order chi connectivity index (χ1) is 13.3. The van der Waals surface area contributed by atoms with E-state index in [1.165, 1.54) is 12.1 Å². The first kappa shape index (κ1) is 16.4. The molecule has 7 heteroatoms. The van der Waals surface area contributed by atoms with Crippen LogP contribution in [-0.2, 0) is 5.75 Å². The van der Waals surface area contributed by atoms with Crippen LogP contribution in [0.3, 0.4) is 0 Å². The van der Waals surface area contributed by atoms with E-state index in [2.05, 4.69) is 15.0 Å². The van der Waals surface area contributed by atoms with Crippen molar-refractivity contribution >= 4 is 39.0 Å². The van der Waals surface area contributed by atoms with Gasteiger partial charge in [0.2, 0.25) is 0 Å². The van der Waals surface area contributed by atoms with E-state index in [1.54, 1.807) is 41.6 Å². The van der Waals surface area contributed by atoms with Crippen LogP contribution in [0.5, 0.6) is 0 Å². The summed E-state index contributed by atoms with van der Waals surface area (Å²) in [6.07, 6.45) is 5.63. The molecule has 0 spiro atoms. The molecule has 4 nitrogen and oxygen atoms in total. The van der Waals surface area contributed by atoms with Gasteiger partial charge in [0.25, 0.3) is 0 Å². The third-order valence-corrected chi connectivity index (χ3v) is 6.51. The average Bonchev–Trinajstić information content (AvgIpc) is 3.31. The Bertz CT molecular complexity index is 1210. The molecular weight excluding hydrogens is 379 g/mol. The first-order valence-electron chi connectivity index (χ1n) is 8.32. The topological polar surface area (TPSA) is 43.1 Å². The van der Waals surface area contributed by atoms with Crippen molar-refractivity contribution in [2.24, 2.45) is 0 Å². The lowest BCUT2D eigenvalue weighted by molar-refractivity contribution is 0.628. The Balaban J connectivity index is 1.45. The van der Waals surface area contributed by atoms with Crippen LogP contribution >= 0.6 is 23.1 Å². The fraction of sp³-hybridized carbons (Fsp3) is 0.0500. The second-order valence-electron chi connectivity index (χ2n) is 6.00. The summed E-state index contributed by atoms with van der Waals surface area (Å²) in [6.45, 7) is 0. The van der Waals surface area contributed by atoms with Crippen LogP contribution in [0.4, 0.5) is 4.39 Å². The van der Waals surface area contributed by atoms with Crippen molar-refractivity contribution in [1.82, 2.24) is 19.4 Å². The highest BCUT2D eigenvalue weighted by Gasteiger charge is 2.12. The third kappa shape index (κ3) is 3.20. The first-order valence-corrected chi connectivity index (χ1v) is 10.1. The van der Waals surface area contributed by atoms with E-state index in [4.69, 9.17) is 0 Å². The predicted molar refractivity (Wildman–Crippen MR) is 108 cm³/mol. The quantitative estimate of drug-likeness (QED) is 0.302. The number of benzene rings is 1.